The number of nitrogens with one attached hydrogen (secondary N) is 1. The Labute approximate surface area is 129 Å². The predicted octanol–water partition coefficient (Wildman–Crippen LogP) is 1.78. The Bertz CT molecular complexity index is 613. The van der Waals surface area contributed by atoms with Crippen molar-refractivity contribution >= 4 is 11.6 Å². The molecule has 0 bridgehead atoms. The summed E-state index contributed by atoms with van der Waals surface area (Å²) < 4.78 is 3.64. The molecule has 0 unspecified atom stereocenters. The minimum atomic E-state index is 0.595. The molecule has 0 saturated heterocycles. The molecular weight excluding hydrogens is 288 g/mol. The molecule has 0 amide bonds. The smallest absolute Gasteiger partial charge is 0.0964 e. The molecular formula is C14H21ClN6. The molecule has 2 heterocycles. The zero-order chi connectivity index (χ0) is 14.8. The SMILES string of the molecule is CCc1nn(C)c(Cn2cc(CNCC3CC3)nn2)c1Cl. The number of rotatable bonds is 7. The molecule has 7 heteroatoms. The van der Waals surface area contributed by atoms with Gasteiger partial charge in [0.1, 0.15) is 0 Å². The predicted molar refractivity (Wildman–Crippen MR) is 81.2 cm³/mol. The largest absolute Gasteiger partial charge is 0.311 e. The number of aromatic nitrogens is 5. The Balaban J connectivity index is 1.62. The summed E-state index contributed by atoms with van der Waals surface area (Å²) in [6.45, 7) is 4.51. The van der Waals surface area contributed by atoms with Gasteiger partial charge in [-0.15, -0.1) is 5.10 Å². The van der Waals surface area contributed by atoms with Crippen LogP contribution in [-0.2, 0) is 26.6 Å². The van der Waals surface area contributed by atoms with E-state index in [9.17, 15) is 0 Å². The molecule has 0 aromatic carbocycles. The van der Waals surface area contributed by atoms with Crippen LogP contribution in [0.3, 0.4) is 0 Å². The normalized spacial score (nSPS) is 14.8. The van der Waals surface area contributed by atoms with Crippen molar-refractivity contribution in [2.75, 3.05) is 6.54 Å². The summed E-state index contributed by atoms with van der Waals surface area (Å²) in [4.78, 5) is 0. The van der Waals surface area contributed by atoms with E-state index in [-0.39, 0.29) is 0 Å². The lowest BCUT2D eigenvalue weighted by molar-refractivity contribution is 0.598. The molecule has 1 aliphatic rings. The zero-order valence-electron chi connectivity index (χ0n) is 12.5. The fourth-order valence-corrected chi connectivity index (χ4v) is 2.72. The number of hydrogen-bond donors (Lipinski definition) is 1. The Kier molecular flexibility index (Phi) is 4.26. The zero-order valence-corrected chi connectivity index (χ0v) is 13.3. The van der Waals surface area contributed by atoms with Crippen LogP contribution in [0.1, 0.15) is 36.8 Å². The van der Waals surface area contributed by atoms with Gasteiger partial charge in [-0.3, -0.25) is 4.68 Å². The monoisotopic (exact) mass is 308 g/mol. The Hall–Kier alpha value is -1.40. The van der Waals surface area contributed by atoms with Crippen LogP contribution in [0.25, 0.3) is 0 Å². The molecule has 114 valence electrons. The van der Waals surface area contributed by atoms with Crippen LogP contribution in [0.15, 0.2) is 6.20 Å². The molecule has 0 atom stereocenters. The van der Waals surface area contributed by atoms with E-state index >= 15 is 0 Å². The molecule has 2 aromatic heterocycles. The maximum absolute atomic E-state index is 6.35. The Morgan fingerprint density at radius 2 is 2.24 bits per heavy atom. The highest BCUT2D eigenvalue weighted by Crippen LogP contribution is 2.27. The molecule has 0 radical (unpaired) electrons. The van der Waals surface area contributed by atoms with Crippen molar-refractivity contribution in [2.24, 2.45) is 13.0 Å². The maximum Gasteiger partial charge on any atom is 0.0964 e. The van der Waals surface area contributed by atoms with Crippen LogP contribution in [0, 0.1) is 5.92 Å². The van der Waals surface area contributed by atoms with Gasteiger partial charge in [-0.05, 0) is 31.7 Å². The van der Waals surface area contributed by atoms with E-state index in [0.29, 0.717) is 6.54 Å². The van der Waals surface area contributed by atoms with Gasteiger partial charge in [0, 0.05) is 13.6 Å². The standard InChI is InChI=1S/C14H21ClN6/c1-3-12-14(15)13(20(2)18-12)9-21-8-11(17-19-21)7-16-6-10-4-5-10/h8,10,16H,3-7,9H2,1-2H3. The summed E-state index contributed by atoms with van der Waals surface area (Å²) >= 11 is 6.35. The molecule has 1 N–H and O–H groups in total. The first-order valence-corrected chi connectivity index (χ1v) is 7.85. The van der Waals surface area contributed by atoms with Gasteiger partial charge in [0.05, 0.1) is 34.8 Å². The second kappa shape index (κ2) is 6.15. The van der Waals surface area contributed by atoms with E-state index in [1.54, 1.807) is 0 Å². The third kappa shape index (κ3) is 3.44. The molecule has 21 heavy (non-hydrogen) atoms. The van der Waals surface area contributed by atoms with Gasteiger partial charge >= 0.3 is 0 Å². The maximum atomic E-state index is 6.35. The van der Waals surface area contributed by atoms with Crippen molar-refractivity contribution < 1.29 is 0 Å². The first-order valence-electron chi connectivity index (χ1n) is 7.47. The van der Waals surface area contributed by atoms with E-state index in [4.69, 9.17) is 11.6 Å². The van der Waals surface area contributed by atoms with Crippen LogP contribution in [-0.4, -0.2) is 31.3 Å². The van der Waals surface area contributed by atoms with Gasteiger partial charge in [0.15, 0.2) is 0 Å². The highest BCUT2D eigenvalue weighted by molar-refractivity contribution is 6.31. The van der Waals surface area contributed by atoms with Crippen LogP contribution < -0.4 is 5.32 Å². The van der Waals surface area contributed by atoms with Gasteiger partial charge in [-0.1, -0.05) is 23.7 Å². The van der Waals surface area contributed by atoms with Crippen molar-refractivity contribution in [1.29, 1.82) is 0 Å². The highest BCUT2D eigenvalue weighted by atomic mass is 35.5. The first-order chi connectivity index (χ1) is 10.2. The van der Waals surface area contributed by atoms with E-state index in [0.717, 1.165) is 47.5 Å². The third-order valence-electron chi connectivity index (χ3n) is 3.84. The van der Waals surface area contributed by atoms with Crippen LogP contribution in [0.2, 0.25) is 5.02 Å². The number of aryl methyl sites for hydroxylation is 2. The summed E-state index contributed by atoms with van der Waals surface area (Å²) in [5, 5.41) is 16.9. The fourth-order valence-electron chi connectivity index (χ4n) is 2.37. The third-order valence-corrected chi connectivity index (χ3v) is 4.27. The summed E-state index contributed by atoms with van der Waals surface area (Å²) in [7, 11) is 1.91. The van der Waals surface area contributed by atoms with Crippen LogP contribution >= 0.6 is 11.6 Å². The number of halogens is 1. The van der Waals surface area contributed by atoms with Crippen LogP contribution in [0.5, 0.6) is 0 Å². The topological polar surface area (TPSA) is 60.6 Å². The van der Waals surface area contributed by atoms with Gasteiger partial charge < -0.3 is 5.32 Å². The highest BCUT2D eigenvalue weighted by Gasteiger charge is 2.20. The van der Waals surface area contributed by atoms with Crippen molar-refractivity contribution in [1.82, 2.24) is 30.1 Å². The van der Waals surface area contributed by atoms with Crippen molar-refractivity contribution in [3.8, 4) is 0 Å². The van der Waals surface area contributed by atoms with Gasteiger partial charge in [0.25, 0.3) is 0 Å². The Morgan fingerprint density at radius 1 is 1.43 bits per heavy atom. The molecule has 3 rings (SSSR count). The van der Waals surface area contributed by atoms with E-state index in [1.807, 2.05) is 22.6 Å². The van der Waals surface area contributed by atoms with E-state index in [2.05, 4.69) is 27.7 Å². The van der Waals surface area contributed by atoms with Gasteiger partial charge in [-0.25, -0.2) is 4.68 Å². The van der Waals surface area contributed by atoms with E-state index in [1.165, 1.54) is 12.8 Å². The minimum absolute atomic E-state index is 0.595. The minimum Gasteiger partial charge on any atom is -0.311 e. The molecule has 1 fully saturated rings. The summed E-state index contributed by atoms with van der Waals surface area (Å²) in [6.07, 6.45) is 5.52. The number of hydrogen-bond acceptors (Lipinski definition) is 4. The summed E-state index contributed by atoms with van der Waals surface area (Å²) in [5.41, 5.74) is 2.86. The molecule has 1 saturated carbocycles. The second-order valence-electron chi connectivity index (χ2n) is 5.67. The molecule has 0 aliphatic heterocycles. The van der Waals surface area contributed by atoms with Crippen molar-refractivity contribution in [2.45, 2.75) is 39.3 Å². The van der Waals surface area contributed by atoms with E-state index < -0.39 is 0 Å². The molecule has 0 spiro atoms. The average Bonchev–Trinajstić information content (AvgIpc) is 3.12. The quantitative estimate of drug-likeness (QED) is 0.847. The molecule has 2 aromatic rings. The summed E-state index contributed by atoms with van der Waals surface area (Å²) in [6, 6.07) is 0. The number of nitrogens with zero attached hydrogens (tertiary/aromatic N) is 5. The molecule has 6 nitrogen and oxygen atoms in total. The van der Waals surface area contributed by atoms with Gasteiger partial charge in [0.2, 0.25) is 0 Å². The average molecular weight is 309 g/mol. The lowest BCUT2D eigenvalue weighted by atomic mass is 10.3. The van der Waals surface area contributed by atoms with Gasteiger partial charge in [-0.2, -0.15) is 5.10 Å². The van der Waals surface area contributed by atoms with Crippen molar-refractivity contribution in [3.63, 3.8) is 0 Å². The molecule has 1 aliphatic carbocycles. The summed E-state index contributed by atoms with van der Waals surface area (Å²) in [5.74, 6) is 0.876. The Morgan fingerprint density at radius 3 is 2.90 bits per heavy atom. The lowest BCUT2D eigenvalue weighted by Gasteiger charge is -2.02. The second-order valence-corrected chi connectivity index (χ2v) is 6.04. The van der Waals surface area contributed by atoms with Crippen molar-refractivity contribution in [3.05, 3.63) is 28.3 Å². The van der Waals surface area contributed by atoms with Crippen LogP contribution in [0.4, 0.5) is 0 Å². The lowest BCUT2D eigenvalue weighted by Crippen LogP contribution is -2.16. The fraction of sp³-hybridized carbons (Fsp3) is 0.643. The first kappa shape index (κ1) is 14.5.